The molecule has 14 nitrogen and oxygen atoms in total. The number of carbonyl (C=O) groups is 3. The van der Waals surface area contributed by atoms with E-state index in [1.165, 1.54) is 35.2 Å². The van der Waals surface area contributed by atoms with E-state index in [0.29, 0.717) is 59.4 Å². The first-order valence-electron chi connectivity index (χ1n) is 18.8. The maximum absolute atomic E-state index is 15.1. The number of halogens is 2. The van der Waals surface area contributed by atoms with Crippen LogP contribution in [-0.4, -0.2) is 103 Å². The van der Waals surface area contributed by atoms with Crippen LogP contribution >= 0.6 is 0 Å². The number of fused-ring (bicyclic) bond motifs is 2. The van der Waals surface area contributed by atoms with Crippen LogP contribution < -0.4 is 15.5 Å². The summed E-state index contributed by atoms with van der Waals surface area (Å²) in [5.41, 5.74) is 2.77. The summed E-state index contributed by atoms with van der Waals surface area (Å²) in [6.45, 7) is 5.27. The van der Waals surface area contributed by atoms with Gasteiger partial charge in [0.15, 0.2) is 5.65 Å². The van der Waals surface area contributed by atoms with Crippen molar-refractivity contribution in [3.63, 3.8) is 0 Å². The molecule has 9 rings (SSSR count). The van der Waals surface area contributed by atoms with Gasteiger partial charge in [0.1, 0.15) is 23.3 Å². The number of hydrogen-bond donors (Lipinski definition) is 2. The van der Waals surface area contributed by atoms with Crippen LogP contribution in [0.3, 0.4) is 0 Å². The molecule has 3 saturated heterocycles. The number of piperazine rings is 1. The molecule has 0 radical (unpaired) electrons. The van der Waals surface area contributed by atoms with Crippen molar-refractivity contribution in [3.8, 4) is 6.07 Å². The smallest absolute Gasteiger partial charge is 0.261 e. The van der Waals surface area contributed by atoms with Gasteiger partial charge >= 0.3 is 0 Å². The molecule has 16 heteroatoms. The molecule has 4 aliphatic rings. The molecule has 55 heavy (non-hydrogen) atoms. The minimum absolute atomic E-state index is 0.0636. The normalized spacial score (nSPS) is 22.8. The Morgan fingerprint density at radius 1 is 0.891 bits per heavy atom. The molecule has 0 bridgehead atoms. The van der Waals surface area contributed by atoms with Gasteiger partial charge in [-0.3, -0.25) is 34.2 Å². The number of rotatable bonds is 7. The Balaban J connectivity index is 0.747. The van der Waals surface area contributed by atoms with Gasteiger partial charge in [-0.25, -0.2) is 18.3 Å². The number of carbonyl (C=O) groups excluding carboxylic acids is 3. The number of anilines is 2. The Kier molecular flexibility index (Phi) is 8.98. The average molecular weight is 748 g/mol. The van der Waals surface area contributed by atoms with E-state index in [-0.39, 0.29) is 24.3 Å². The van der Waals surface area contributed by atoms with Gasteiger partial charge in [-0.15, -0.1) is 0 Å². The third-order valence-electron chi connectivity index (χ3n) is 11.8. The zero-order chi connectivity index (χ0) is 37.8. The van der Waals surface area contributed by atoms with Crippen molar-refractivity contribution in [2.24, 2.45) is 0 Å². The Morgan fingerprint density at radius 2 is 1.60 bits per heavy atom. The van der Waals surface area contributed by atoms with Crippen LogP contribution in [0.15, 0.2) is 55.1 Å². The molecular weight excluding hydrogens is 708 g/mol. The lowest BCUT2D eigenvalue weighted by Gasteiger charge is -2.50. The molecule has 3 aliphatic heterocycles. The predicted octanol–water partition coefficient (Wildman–Crippen LogP) is 3.99. The second-order valence-electron chi connectivity index (χ2n) is 15.0. The summed E-state index contributed by atoms with van der Waals surface area (Å²) in [7, 11) is 0. The fourth-order valence-electron chi connectivity index (χ4n) is 8.71. The van der Waals surface area contributed by atoms with E-state index in [2.05, 4.69) is 41.4 Å². The Bertz CT molecular complexity index is 2340. The van der Waals surface area contributed by atoms with E-state index in [1.54, 1.807) is 0 Å². The van der Waals surface area contributed by atoms with E-state index in [1.807, 2.05) is 29.2 Å². The van der Waals surface area contributed by atoms with Crippen LogP contribution in [0, 0.1) is 23.0 Å². The van der Waals surface area contributed by atoms with Crippen molar-refractivity contribution in [2.45, 2.75) is 62.6 Å². The molecule has 0 unspecified atom stereocenters. The van der Waals surface area contributed by atoms with Crippen molar-refractivity contribution in [3.05, 3.63) is 83.4 Å². The highest BCUT2D eigenvalue weighted by Gasteiger charge is 2.38. The third-order valence-corrected chi connectivity index (χ3v) is 11.8. The lowest BCUT2D eigenvalue weighted by atomic mass is 9.89. The molecule has 1 aliphatic carbocycles. The van der Waals surface area contributed by atoms with Crippen LogP contribution in [0.5, 0.6) is 0 Å². The van der Waals surface area contributed by atoms with Gasteiger partial charge in [-0.1, -0.05) is 0 Å². The Labute approximate surface area is 314 Å². The van der Waals surface area contributed by atoms with E-state index in [0.717, 1.165) is 62.8 Å². The highest BCUT2D eigenvalue weighted by atomic mass is 19.1. The number of imide groups is 1. The van der Waals surface area contributed by atoms with E-state index >= 15 is 8.78 Å². The number of amides is 3. The topological polar surface area (TPSA) is 157 Å². The molecule has 0 spiro atoms. The summed E-state index contributed by atoms with van der Waals surface area (Å²) in [6, 6.07) is 11.5. The second-order valence-corrected chi connectivity index (χ2v) is 15.0. The number of aromatic nitrogens is 5. The first kappa shape index (κ1) is 34.9. The van der Waals surface area contributed by atoms with Gasteiger partial charge in [0.2, 0.25) is 11.8 Å². The minimum Gasteiger partial charge on any atom is -0.368 e. The molecule has 282 valence electrons. The molecule has 1 saturated carbocycles. The summed E-state index contributed by atoms with van der Waals surface area (Å²) >= 11 is 0. The SMILES string of the molecule is N#Cc1cnc2c(C(=O)Nc3ccc4nn(C5CCC(N6CCN(C7CN(c8cc(F)c([C@H]9CCC(=O)NC9=O)c(F)c8)C7)CC6)CC5)cc4c3)cnn2c1. The van der Waals surface area contributed by atoms with Crippen molar-refractivity contribution in [2.75, 3.05) is 49.5 Å². The highest BCUT2D eigenvalue weighted by molar-refractivity contribution is 6.08. The predicted molar refractivity (Wildman–Crippen MR) is 197 cm³/mol. The largest absolute Gasteiger partial charge is 0.368 e. The summed E-state index contributed by atoms with van der Waals surface area (Å²) < 4.78 is 33.7. The van der Waals surface area contributed by atoms with Crippen molar-refractivity contribution in [1.82, 2.24) is 39.5 Å². The zero-order valence-corrected chi connectivity index (χ0v) is 30.0. The summed E-state index contributed by atoms with van der Waals surface area (Å²) in [5.74, 6) is -3.90. The van der Waals surface area contributed by atoms with Gasteiger partial charge in [0.05, 0.1) is 35.4 Å². The molecule has 3 aromatic heterocycles. The van der Waals surface area contributed by atoms with Gasteiger partial charge in [0, 0.05) is 92.5 Å². The fraction of sp³-hybridized carbons (Fsp3) is 0.410. The standard InChI is InChI=1S/C39H39F2N11O3/c40-32-14-28(15-33(41)36(32)30-6-8-35(53)46-38(30)54)50-21-29(22-50)49-11-9-48(10-12-49)26-2-4-27(5-3-26)51-20-24-13-25(1-7-34(24)47-51)45-39(55)31-18-44-52-19-23(16-42)17-43-37(31)52/h1,7,13-15,17-20,26-27,29-30H,2-6,8-12,21-22H2,(H,45,55)(H,46,53,54)/t26?,27?,30-/m1/s1. The van der Waals surface area contributed by atoms with E-state index in [9.17, 15) is 14.4 Å². The number of benzene rings is 2. The van der Waals surface area contributed by atoms with Gasteiger partial charge in [0.25, 0.3) is 5.91 Å². The van der Waals surface area contributed by atoms with Crippen molar-refractivity contribution >= 4 is 45.6 Å². The van der Waals surface area contributed by atoms with E-state index in [4.69, 9.17) is 10.4 Å². The quantitative estimate of drug-likeness (QED) is 0.234. The number of piperidine rings is 1. The average Bonchev–Trinajstić information content (AvgIpc) is 3.79. The first-order chi connectivity index (χ1) is 26.7. The molecule has 1 atom stereocenters. The van der Waals surface area contributed by atoms with Gasteiger partial charge in [-0.2, -0.15) is 15.5 Å². The Morgan fingerprint density at radius 3 is 2.31 bits per heavy atom. The molecule has 2 aromatic carbocycles. The first-order valence-corrected chi connectivity index (χ1v) is 18.8. The maximum Gasteiger partial charge on any atom is 0.261 e. The summed E-state index contributed by atoms with van der Waals surface area (Å²) in [4.78, 5) is 48.1. The zero-order valence-electron chi connectivity index (χ0n) is 30.0. The molecular formula is C39H39F2N11O3. The van der Waals surface area contributed by atoms with Crippen LogP contribution in [0.1, 0.15) is 72.0 Å². The summed E-state index contributed by atoms with van der Waals surface area (Å²) in [6.07, 6.45) is 10.9. The third kappa shape index (κ3) is 6.67. The summed E-state index contributed by atoms with van der Waals surface area (Å²) in [5, 5.41) is 24.2. The second kappa shape index (κ2) is 14.1. The van der Waals surface area contributed by atoms with Crippen LogP contribution in [0.2, 0.25) is 0 Å². The van der Waals surface area contributed by atoms with Crippen molar-refractivity contribution < 1.29 is 23.2 Å². The Hall–Kier alpha value is -5.79. The number of nitrogens with one attached hydrogen (secondary N) is 2. The van der Waals surface area contributed by atoms with E-state index < -0.39 is 29.4 Å². The lowest BCUT2D eigenvalue weighted by molar-refractivity contribution is -0.134. The molecule has 2 N–H and O–H groups in total. The van der Waals surface area contributed by atoms with Gasteiger partial charge < -0.3 is 10.2 Å². The molecule has 3 amide bonds. The monoisotopic (exact) mass is 747 g/mol. The fourth-order valence-corrected chi connectivity index (χ4v) is 8.71. The minimum atomic E-state index is -0.999. The van der Waals surface area contributed by atoms with Gasteiger partial charge in [-0.05, 0) is 62.4 Å². The molecule has 6 heterocycles. The number of hydrogen-bond acceptors (Lipinski definition) is 10. The maximum atomic E-state index is 15.1. The lowest BCUT2D eigenvalue weighted by Crippen LogP contribution is -2.64. The van der Waals surface area contributed by atoms with Crippen LogP contribution in [-0.2, 0) is 9.59 Å². The highest BCUT2D eigenvalue weighted by Crippen LogP contribution is 2.36. The van der Waals surface area contributed by atoms with Crippen molar-refractivity contribution in [1.29, 1.82) is 5.26 Å². The number of nitriles is 1. The molecule has 5 aromatic rings. The van der Waals surface area contributed by atoms with Crippen LogP contribution in [0.4, 0.5) is 20.2 Å². The van der Waals surface area contributed by atoms with Crippen LogP contribution in [0.25, 0.3) is 16.6 Å². The number of nitrogens with zero attached hydrogens (tertiary/aromatic N) is 9. The molecule has 4 fully saturated rings.